The Morgan fingerprint density at radius 3 is 1.29 bits per heavy atom. The maximum Gasteiger partial charge on any atom is 0.252 e. The Morgan fingerprint density at radius 1 is 0.369 bits per heavy atom. The first-order chi connectivity index (χ1) is 31.0. The molecule has 3 heteroatoms. The molecule has 0 fully saturated rings. The summed E-state index contributed by atoms with van der Waals surface area (Å²) in [6.07, 6.45) is 0. The van der Waals surface area contributed by atoms with Gasteiger partial charge in [0.1, 0.15) is 0 Å². The number of hydrogen-bond acceptors (Lipinski definition) is 2. The number of nitrogens with zero attached hydrogens (tertiary/aromatic N) is 2. The molecule has 0 aromatic heterocycles. The number of rotatable bonds is 2. The quantitative estimate of drug-likeness (QED) is 0.160. The van der Waals surface area contributed by atoms with Crippen molar-refractivity contribution >= 4 is 57.2 Å². The second-order valence-electron chi connectivity index (χ2n) is 22.3. The van der Waals surface area contributed by atoms with E-state index >= 15 is 0 Å². The van der Waals surface area contributed by atoms with Gasteiger partial charge in [-0.3, -0.25) is 0 Å². The molecule has 0 N–H and O–H groups in total. The van der Waals surface area contributed by atoms with Gasteiger partial charge in [0, 0.05) is 34.1 Å². The molecular weight excluding hydrogens is 784 g/mol. The Kier molecular flexibility index (Phi) is 8.29. The second-order valence-corrected chi connectivity index (χ2v) is 22.3. The predicted octanol–water partition coefficient (Wildman–Crippen LogP) is 14.3. The maximum absolute atomic E-state index is 2.62. The standard InChI is InChI=1S/C62H57BN2/c1-38-32-56-58-57(33-38)65(43-28-29-51-47(37-43)46-22-13-16-25-50(46)62(51)48-23-14-11-20-44(48)45-21-12-15-24-49(45)62)55-36-41(61(8,9)10)27-31-53(55)63(58)52-30-26-40(60(5,6)7)35-54(52)64(56)42-19-17-18-39(34-42)59(2,3)4/h11-37H,1-10H3. The van der Waals surface area contributed by atoms with E-state index in [0.717, 1.165) is 0 Å². The van der Waals surface area contributed by atoms with E-state index in [1.54, 1.807) is 0 Å². The number of fused-ring (bicyclic) bond motifs is 14. The van der Waals surface area contributed by atoms with Gasteiger partial charge in [-0.25, -0.2) is 0 Å². The summed E-state index contributed by atoms with van der Waals surface area (Å²) in [5.41, 5.74) is 27.1. The van der Waals surface area contributed by atoms with Gasteiger partial charge in [-0.05, 0) is 155 Å². The van der Waals surface area contributed by atoms with Crippen LogP contribution in [0.1, 0.15) is 107 Å². The molecule has 0 unspecified atom stereocenters. The summed E-state index contributed by atoms with van der Waals surface area (Å²) in [6.45, 7) is 23.3. The van der Waals surface area contributed by atoms with E-state index < -0.39 is 0 Å². The molecule has 0 radical (unpaired) electrons. The van der Waals surface area contributed by atoms with Crippen LogP contribution in [-0.2, 0) is 21.7 Å². The third-order valence-corrected chi connectivity index (χ3v) is 15.2. The van der Waals surface area contributed by atoms with Crippen molar-refractivity contribution in [2.75, 3.05) is 9.80 Å². The van der Waals surface area contributed by atoms with E-state index in [-0.39, 0.29) is 28.4 Å². The van der Waals surface area contributed by atoms with Gasteiger partial charge in [-0.2, -0.15) is 0 Å². The Hall–Kier alpha value is -6.58. The lowest BCUT2D eigenvalue weighted by molar-refractivity contribution is 0.590. The SMILES string of the molecule is Cc1cc2c3c(c1)N(c1ccc4c(c1)-c1ccccc1C41c4ccccc4-c4ccccc41)c1cc(C(C)(C)C)ccc1B3c1ccc(C(C)(C)C)cc1N2c1cccc(C(C)(C)C)c1. The molecule has 2 aliphatic carbocycles. The molecule has 0 amide bonds. The molecule has 0 saturated carbocycles. The Labute approximate surface area is 386 Å². The Morgan fingerprint density at radius 2 is 0.800 bits per heavy atom. The van der Waals surface area contributed by atoms with E-state index in [9.17, 15) is 0 Å². The van der Waals surface area contributed by atoms with Gasteiger partial charge in [0.2, 0.25) is 0 Å². The van der Waals surface area contributed by atoms with Crippen LogP contribution >= 0.6 is 0 Å². The van der Waals surface area contributed by atoms with Crippen LogP contribution in [0.2, 0.25) is 0 Å². The molecule has 8 aromatic carbocycles. The molecule has 2 nitrogen and oxygen atoms in total. The van der Waals surface area contributed by atoms with Crippen molar-refractivity contribution in [3.05, 3.63) is 208 Å². The minimum atomic E-state index is -0.387. The lowest BCUT2D eigenvalue weighted by Gasteiger charge is -2.45. The average molecular weight is 841 g/mol. The van der Waals surface area contributed by atoms with Gasteiger partial charge >= 0.3 is 0 Å². The number of anilines is 6. The Bertz CT molecular complexity index is 3270. The van der Waals surface area contributed by atoms with Gasteiger partial charge < -0.3 is 9.80 Å². The van der Waals surface area contributed by atoms with Crippen LogP contribution in [0.15, 0.2) is 164 Å². The van der Waals surface area contributed by atoms with Gasteiger partial charge in [0.05, 0.1) is 5.41 Å². The summed E-state index contributed by atoms with van der Waals surface area (Å²) in [6, 6.07) is 63.7. The van der Waals surface area contributed by atoms with Crippen molar-refractivity contribution in [2.45, 2.75) is 90.9 Å². The third-order valence-electron chi connectivity index (χ3n) is 15.2. The zero-order chi connectivity index (χ0) is 44.9. The minimum Gasteiger partial charge on any atom is -0.311 e. The molecule has 2 heterocycles. The molecule has 4 aliphatic rings. The fourth-order valence-corrected chi connectivity index (χ4v) is 12.0. The number of benzene rings is 8. The van der Waals surface area contributed by atoms with Crippen molar-refractivity contribution in [3.63, 3.8) is 0 Å². The van der Waals surface area contributed by atoms with Crippen molar-refractivity contribution in [1.29, 1.82) is 0 Å². The topological polar surface area (TPSA) is 6.48 Å². The summed E-state index contributed by atoms with van der Waals surface area (Å²) in [4.78, 5) is 5.21. The normalized spacial score (nSPS) is 15.0. The van der Waals surface area contributed by atoms with E-state index in [2.05, 4.69) is 243 Å². The van der Waals surface area contributed by atoms with Crippen molar-refractivity contribution in [1.82, 2.24) is 0 Å². The monoisotopic (exact) mass is 840 g/mol. The number of aryl methyl sites for hydroxylation is 1. The van der Waals surface area contributed by atoms with Crippen LogP contribution in [0.3, 0.4) is 0 Å². The van der Waals surface area contributed by atoms with Gasteiger partial charge in [0.25, 0.3) is 6.71 Å². The van der Waals surface area contributed by atoms with E-state index in [1.807, 2.05) is 0 Å². The molecule has 12 rings (SSSR count). The minimum absolute atomic E-state index is 0.00434. The smallest absolute Gasteiger partial charge is 0.252 e. The molecule has 1 spiro atoms. The summed E-state index contributed by atoms with van der Waals surface area (Å²) in [7, 11) is 0. The molecule has 0 bridgehead atoms. The lowest BCUT2D eigenvalue weighted by atomic mass is 9.33. The summed E-state index contributed by atoms with van der Waals surface area (Å²) >= 11 is 0. The molecule has 2 aliphatic heterocycles. The zero-order valence-electron chi connectivity index (χ0n) is 39.6. The van der Waals surface area contributed by atoms with Crippen molar-refractivity contribution in [3.8, 4) is 22.3 Å². The number of hydrogen-bond donors (Lipinski definition) is 0. The Balaban J connectivity index is 1.15. The molecular formula is C62H57BN2. The first-order valence-corrected chi connectivity index (χ1v) is 23.6. The first kappa shape index (κ1) is 40.0. The van der Waals surface area contributed by atoms with Crippen molar-refractivity contribution < 1.29 is 0 Å². The highest BCUT2D eigenvalue weighted by atomic mass is 15.2. The largest absolute Gasteiger partial charge is 0.311 e. The van der Waals surface area contributed by atoms with E-state index in [4.69, 9.17) is 0 Å². The fraction of sp³-hybridized carbons (Fsp3) is 0.226. The van der Waals surface area contributed by atoms with Crippen LogP contribution in [0.25, 0.3) is 22.3 Å². The molecule has 0 saturated heterocycles. The molecule has 318 valence electrons. The van der Waals surface area contributed by atoms with Gasteiger partial charge in [-0.15, -0.1) is 0 Å². The average Bonchev–Trinajstić information content (AvgIpc) is 3.74. The van der Waals surface area contributed by atoms with Crippen LogP contribution in [-0.4, -0.2) is 6.71 Å². The lowest BCUT2D eigenvalue weighted by Crippen LogP contribution is -2.61. The summed E-state index contributed by atoms with van der Waals surface area (Å²) in [5.74, 6) is 0. The third kappa shape index (κ3) is 5.60. The van der Waals surface area contributed by atoms with Gasteiger partial charge in [0.15, 0.2) is 0 Å². The van der Waals surface area contributed by atoms with Gasteiger partial charge in [-0.1, -0.05) is 178 Å². The van der Waals surface area contributed by atoms with Crippen molar-refractivity contribution in [2.24, 2.45) is 0 Å². The van der Waals surface area contributed by atoms with E-state index in [0.29, 0.717) is 0 Å². The molecule has 0 atom stereocenters. The zero-order valence-corrected chi connectivity index (χ0v) is 39.6. The fourth-order valence-electron chi connectivity index (χ4n) is 12.0. The van der Waals surface area contributed by atoms with Crippen LogP contribution < -0.4 is 26.2 Å². The van der Waals surface area contributed by atoms with Crippen LogP contribution in [0.4, 0.5) is 34.1 Å². The summed E-state index contributed by atoms with van der Waals surface area (Å²) < 4.78 is 0. The second kappa shape index (κ2) is 13.5. The summed E-state index contributed by atoms with van der Waals surface area (Å²) in [5, 5.41) is 0. The van der Waals surface area contributed by atoms with Crippen LogP contribution in [0, 0.1) is 6.92 Å². The highest BCUT2D eigenvalue weighted by Gasteiger charge is 2.52. The molecule has 65 heavy (non-hydrogen) atoms. The maximum atomic E-state index is 2.62. The highest BCUT2D eigenvalue weighted by molar-refractivity contribution is 7.00. The predicted molar refractivity (Wildman–Crippen MR) is 278 cm³/mol. The van der Waals surface area contributed by atoms with E-state index in [1.165, 1.54) is 117 Å². The van der Waals surface area contributed by atoms with Crippen LogP contribution in [0.5, 0.6) is 0 Å². The first-order valence-electron chi connectivity index (χ1n) is 23.6. The molecule has 8 aromatic rings. The highest BCUT2D eigenvalue weighted by Crippen LogP contribution is 2.63.